The number of aromatic amines is 1. The Morgan fingerprint density at radius 2 is 1.94 bits per heavy atom. The second kappa shape index (κ2) is 9.96. The Labute approximate surface area is 199 Å². The van der Waals surface area contributed by atoms with Gasteiger partial charge in [0.15, 0.2) is 0 Å². The number of H-pyrrole nitrogens is 1. The predicted octanol–water partition coefficient (Wildman–Crippen LogP) is 2.38. The number of halogens is 1. The first-order valence-corrected chi connectivity index (χ1v) is 10.7. The SMILES string of the molecule is CC(=O)Nc1cc(-c2[nH]c3c(C(=O)NC(CO)CO)cc(Cl)nc3c2-c2cccnc2)ccn1. The van der Waals surface area contributed by atoms with Crippen molar-refractivity contribution in [3.63, 3.8) is 0 Å². The van der Waals surface area contributed by atoms with Crippen molar-refractivity contribution in [3.05, 3.63) is 59.6 Å². The van der Waals surface area contributed by atoms with E-state index in [1.165, 1.54) is 13.0 Å². The van der Waals surface area contributed by atoms with E-state index in [0.717, 1.165) is 5.56 Å². The molecule has 4 aromatic rings. The minimum Gasteiger partial charge on any atom is -0.394 e. The van der Waals surface area contributed by atoms with Crippen molar-refractivity contribution in [2.75, 3.05) is 18.5 Å². The fourth-order valence-electron chi connectivity index (χ4n) is 3.56. The van der Waals surface area contributed by atoms with Crippen LogP contribution in [0.15, 0.2) is 48.9 Å². The number of carbonyl (C=O) groups excluding carboxylic acids is 2. The van der Waals surface area contributed by atoms with Crippen LogP contribution in [0.1, 0.15) is 17.3 Å². The number of fused-ring (bicyclic) bond motifs is 1. The number of nitrogens with zero attached hydrogens (tertiary/aromatic N) is 3. The second-order valence-electron chi connectivity index (χ2n) is 7.48. The molecule has 0 aromatic carbocycles. The summed E-state index contributed by atoms with van der Waals surface area (Å²) in [5.74, 6) is -0.441. The number of aromatic nitrogens is 4. The molecule has 0 bridgehead atoms. The monoisotopic (exact) mass is 480 g/mol. The van der Waals surface area contributed by atoms with Gasteiger partial charge in [0.05, 0.1) is 41.5 Å². The summed E-state index contributed by atoms with van der Waals surface area (Å²) in [4.78, 5) is 40.6. The number of hydrogen-bond donors (Lipinski definition) is 5. The summed E-state index contributed by atoms with van der Waals surface area (Å²) >= 11 is 6.29. The van der Waals surface area contributed by atoms with Gasteiger partial charge in [-0.1, -0.05) is 17.7 Å². The Bertz CT molecular complexity index is 1350. The lowest BCUT2D eigenvalue weighted by atomic mass is 10.0. The Morgan fingerprint density at radius 1 is 1.15 bits per heavy atom. The van der Waals surface area contributed by atoms with Gasteiger partial charge in [0.1, 0.15) is 11.0 Å². The molecule has 34 heavy (non-hydrogen) atoms. The molecular weight excluding hydrogens is 460 g/mol. The summed E-state index contributed by atoms with van der Waals surface area (Å²) in [6.45, 7) is 0.537. The largest absolute Gasteiger partial charge is 0.394 e. The van der Waals surface area contributed by atoms with Crippen LogP contribution >= 0.6 is 11.6 Å². The summed E-state index contributed by atoms with van der Waals surface area (Å²) in [6.07, 6.45) is 4.86. The maximum absolute atomic E-state index is 13.0. The van der Waals surface area contributed by atoms with Crippen LogP contribution in [0.4, 0.5) is 5.82 Å². The summed E-state index contributed by atoms with van der Waals surface area (Å²) < 4.78 is 0. The zero-order chi connectivity index (χ0) is 24.2. The molecule has 0 radical (unpaired) electrons. The molecule has 4 rings (SSSR count). The summed E-state index contributed by atoms with van der Waals surface area (Å²) in [5, 5.41) is 24.0. The highest BCUT2D eigenvalue weighted by Crippen LogP contribution is 2.39. The van der Waals surface area contributed by atoms with E-state index in [0.29, 0.717) is 33.7 Å². The van der Waals surface area contributed by atoms with Gasteiger partial charge >= 0.3 is 0 Å². The van der Waals surface area contributed by atoms with Crippen LogP contribution in [-0.2, 0) is 4.79 Å². The number of pyridine rings is 3. The zero-order valence-corrected chi connectivity index (χ0v) is 18.8. The molecule has 0 saturated heterocycles. The number of nitrogens with one attached hydrogen (secondary N) is 3. The molecule has 0 atom stereocenters. The van der Waals surface area contributed by atoms with E-state index in [4.69, 9.17) is 11.6 Å². The number of carbonyl (C=O) groups is 2. The Hall–Kier alpha value is -3.86. The lowest BCUT2D eigenvalue weighted by Crippen LogP contribution is -2.40. The van der Waals surface area contributed by atoms with Gasteiger partial charge in [0.25, 0.3) is 5.91 Å². The molecule has 0 fully saturated rings. The molecular formula is C23H21ClN6O4. The molecule has 11 heteroatoms. The molecule has 0 aliphatic heterocycles. The van der Waals surface area contributed by atoms with E-state index < -0.39 is 25.2 Å². The number of amides is 2. The van der Waals surface area contributed by atoms with Crippen molar-refractivity contribution in [2.45, 2.75) is 13.0 Å². The first-order chi connectivity index (χ1) is 16.4. The molecule has 0 saturated carbocycles. The van der Waals surface area contributed by atoms with E-state index in [9.17, 15) is 19.8 Å². The third-order valence-corrected chi connectivity index (χ3v) is 5.24. The van der Waals surface area contributed by atoms with Crippen LogP contribution in [0.5, 0.6) is 0 Å². The van der Waals surface area contributed by atoms with E-state index >= 15 is 0 Å². The molecule has 5 N–H and O–H groups in total. The van der Waals surface area contributed by atoms with E-state index in [1.54, 1.807) is 36.8 Å². The first-order valence-electron chi connectivity index (χ1n) is 10.3. The van der Waals surface area contributed by atoms with Crippen molar-refractivity contribution in [1.29, 1.82) is 0 Å². The molecule has 2 amide bonds. The molecule has 4 heterocycles. The van der Waals surface area contributed by atoms with Crippen LogP contribution in [0.3, 0.4) is 0 Å². The van der Waals surface area contributed by atoms with Gasteiger partial charge in [-0.15, -0.1) is 0 Å². The Morgan fingerprint density at radius 3 is 2.62 bits per heavy atom. The lowest BCUT2D eigenvalue weighted by Gasteiger charge is -2.13. The fraction of sp³-hybridized carbons (Fsp3) is 0.174. The maximum atomic E-state index is 13.0. The minimum absolute atomic E-state index is 0.0894. The zero-order valence-electron chi connectivity index (χ0n) is 18.0. The van der Waals surface area contributed by atoms with Crippen LogP contribution in [0, 0.1) is 0 Å². The first kappa shape index (κ1) is 23.3. The third-order valence-electron chi connectivity index (χ3n) is 5.05. The Kier molecular flexibility index (Phi) is 6.82. The van der Waals surface area contributed by atoms with Gasteiger partial charge in [0.2, 0.25) is 5.91 Å². The molecule has 0 spiro atoms. The summed E-state index contributed by atoms with van der Waals surface area (Å²) in [6, 6.07) is 7.66. The molecule has 0 aliphatic carbocycles. The van der Waals surface area contributed by atoms with Gasteiger partial charge in [-0.25, -0.2) is 9.97 Å². The highest BCUT2D eigenvalue weighted by atomic mass is 35.5. The van der Waals surface area contributed by atoms with Crippen molar-refractivity contribution in [2.24, 2.45) is 0 Å². The highest BCUT2D eigenvalue weighted by Gasteiger charge is 2.23. The van der Waals surface area contributed by atoms with Crippen LogP contribution in [0.25, 0.3) is 33.4 Å². The topological polar surface area (TPSA) is 153 Å². The summed E-state index contributed by atoms with van der Waals surface area (Å²) in [5.41, 5.74) is 3.70. The predicted molar refractivity (Wildman–Crippen MR) is 127 cm³/mol. The van der Waals surface area contributed by atoms with Crippen molar-refractivity contribution in [1.82, 2.24) is 25.3 Å². The number of anilines is 1. The molecule has 0 unspecified atom stereocenters. The van der Waals surface area contributed by atoms with Gasteiger partial charge in [-0.05, 0) is 24.3 Å². The normalized spacial score (nSPS) is 11.1. The fourth-order valence-corrected chi connectivity index (χ4v) is 3.75. The van der Waals surface area contributed by atoms with Gasteiger partial charge in [-0.2, -0.15) is 0 Å². The highest BCUT2D eigenvalue weighted by molar-refractivity contribution is 6.30. The lowest BCUT2D eigenvalue weighted by molar-refractivity contribution is -0.114. The number of aliphatic hydroxyl groups excluding tert-OH is 2. The molecule has 0 aliphatic rings. The van der Waals surface area contributed by atoms with Gasteiger partial charge in [-0.3, -0.25) is 14.6 Å². The average Bonchev–Trinajstić information content (AvgIpc) is 3.21. The van der Waals surface area contributed by atoms with Crippen molar-refractivity contribution >= 4 is 40.3 Å². The maximum Gasteiger partial charge on any atom is 0.253 e. The van der Waals surface area contributed by atoms with Gasteiger partial charge in [0, 0.05) is 42.2 Å². The quantitative estimate of drug-likeness (QED) is 0.254. The number of rotatable bonds is 7. The van der Waals surface area contributed by atoms with E-state index in [2.05, 4.69) is 30.6 Å². The Balaban J connectivity index is 1.96. The molecule has 10 nitrogen and oxygen atoms in total. The van der Waals surface area contributed by atoms with Crippen LogP contribution in [0.2, 0.25) is 5.15 Å². The summed E-state index contributed by atoms with van der Waals surface area (Å²) in [7, 11) is 0. The molecule has 4 aromatic heterocycles. The molecule has 174 valence electrons. The number of aliphatic hydroxyl groups is 2. The minimum atomic E-state index is -0.831. The van der Waals surface area contributed by atoms with E-state index in [1.807, 2.05) is 6.07 Å². The number of hydrogen-bond acceptors (Lipinski definition) is 7. The van der Waals surface area contributed by atoms with Crippen LogP contribution < -0.4 is 10.6 Å². The smallest absolute Gasteiger partial charge is 0.253 e. The van der Waals surface area contributed by atoms with Gasteiger partial charge < -0.3 is 25.8 Å². The van der Waals surface area contributed by atoms with Crippen LogP contribution in [-0.4, -0.2) is 61.2 Å². The third kappa shape index (κ3) is 4.74. The van der Waals surface area contributed by atoms with Crippen molar-refractivity contribution in [3.8, 4) is 22.4 Å². The second-order valence-corrected chi connectivity index (χ2v) is 7.87. The van der Waals surface area contributed by atoms with E-state index in [-0.39, 0.29) is 16.6 Å². The average molecular weight is 481 g/mol. The van der Waals surface area contributed by atoms with Crippen molar-refractivity contribution < 1.29 is 19.8 Å². The standard InChI is InChI=1S/C23H21ClN6O4/c1-12(33)27-18-7-13(4-6-26-18)20-19(14-3-2-5-25-9-14)22-21(30-20)16(8-17(24)29-22)23(34)28-15(10-31)11-32/h2-9,15,30-32H,10-11H2,1H3,(H,28,34)(H,26,27,33).